The lowest BCUT2D eigenvalue weighted by Crippen LogP contribution is -2.43. The SMILES string of the molecule is CC(C)(C)OC(=O)N[C@H](CCBr)C(=O)O. The molecule has 0 saturated heterocycles. The van der Waals surface area contributed by atoms with Crippen LogP contribution in [0.5, 0.6) is 0 Å². The Balaban J connectivity index is 4.18. The number of amides is 1. The number of alkyl halides is 1. The van der Waals surface area contributed by atoms with Crippen LogP contribution in [0.25, 0.3) is 0 Å². The van der Waals surface area contributed by atoms with Gasteiger partial charge in [-0.3, -0.25) is 0 Å². The molecule has 0 saturated carbocycles. The van der Waals surface area contributed by atoms with E-state index in [1.165, 1.54) is 0 Å². The first-order chi connectivity index (χ1) is 6.76. The smallest absolute Gasteiger partial charge is 0.408 e. The van der Waals surface area contributed by atoms with Gasteiger partial charge >= 0.3 is 12.1 Å². The average Bonchev–Trinajstić information content (AvgIpc) is 1.99. The lowest BCUT2D eigenvalue weighted by Gasteiger charge is -2.21. The van der Waals surface area contributed by atoms with Crippen molar-refractivity contribution in [3.05, 3.63) is 0 Å². The Morgan fingerprint density at radius 1 is 1.47 bits per heavy atom. The highest BCUT2D eigenvalue weighted by Crippen LogP contribution is 2.07. The minimum absolute atomic E-state index is 0.314. The third-order valence-electron chi connectivity index (χ3n) is 1.39. The average molecular weight is 282 g/mol. The second-order valence-corrected chi connectivity index (χ2v) is 4.81. The van der Waals surface area contributed by atoms with Gasteiger partial charge in [0.05, 0.1) is 0 Å². The Morgan fingerprint density at radius 3 is 2.33 bits per heavy atom. The van der Waals surface area contributed by atoms with Gasteiger partial charge in [-0.25, -0.2) is 9.59 Å². The van der Waals surface area contributed by atoms with E-state index in [9.17, 15) is 9.59 Å². The van der Waals surface area contributed by atoms with Crippen LogP contribution in [0.15, 0.2) is 0 Å². The van der Waals surface area contributed by atoms with Crippen molar-refractivity contribution in [2.24, 2.45) is 0 Å². The summed E-state index contributed by atoms with van der Waals surface area (Å²) < 4.78 is 4.94. The van der Waals surface area contributed by atoms with Crippen LogP contribution < -0.4 is 5.32 Å². The normalized spacial score (nSPS) is 13.1. The second kappa shape index (κ2) is 5.95. The van der Waals surface area contributed by atoms with Crippen molar-refractivity contribution in [2.75, 3.05) is 5.33 Å². The summed E-state index contributed by atoms with van der Waals surface area (Å²) in [4.78, 5) is 21.9. The molecule has 0 bridgehead atoms. The van der Waals surface area contributed by atoms with E-state index in [0.717, 1.165) is 0 Å². The number of aliphatic carboxylic acids is 1. The zero-order chi connectivity index (χ0) is 12.1. The molecule has 1 atom stereocenters. The van der Waals surface area contributed by atoms with Crippen molar-refractivity contribution in [1.29, 1.82) is 0 Å². The predicted octanol–water partition coefficient (Wildman–Crippen LogP) is 1.75. The quantitative estimate of drug-likeness (QED) is 0.770. The van der Waals surface area contributed by atoms with Crippen molar-refractivity contribution in [1.82, 2.24) is 5.32 Å². The molecule has 15 heavy (non-hydrogen) atoms. The fourth-order valence-corrected chi connectivity index (χ4v) is 1.27. The van der Waals surface area contributed by atoms with Crippen molar-refractivity contribution >= 4 is 28.0 Å². The maximum Gasteiger partial charge on any atom is 0.408 e. The maximum atomic E-state index is 11.2. The molecule has 0 aliphatic carbocycles. The Morgan fingerprint density at radius 2 is 2.00 bits per heavy atom. The van der Waals surface area contributed by atoms with Crippen LogP contribution in [-0.2, 0) is 9.53 Å². The van der Waals surface area contributed by atoms with Gasteiger partial charge in [0, 0.05) is 5.33 Å². The van der Waals surface area contributed by atoms with Crippen molar-refractivity contribution in [2.45, 2.75) is 38.8 Å². The molecule has 0 rings (SSSR count). The molecule has 0 aliphatic heterocycles. The van der Waals surface area contributed by atoms with E-state index in [1.807, 2.05) is 0 Å². The molecular formula is C9H16BrNO4. The zero-order valence-corrected chi connectivity index (χ0v) is 10.6. The lowest BCUT2D eigenvalue weighted by molar-refractivity contribution is -0.139. The first kappa shape index (κ1) is 14.2. The van der Waals surface area contributed by atoms with E-state index in [2.05, 4.69) is 21.2 Å². The molecule has 0 unspecified atom stereocenters. The van der Waals surface area contributed by atoms with Crippen LogP contribution in [0.4, 0.5) is 4.79 Å². The fraction of sp³-hybridized carbons (Fsp3) is 0.778. The standard InChI is InChI=1S/C9H16BrNO4/c1-9(2,3)15-8(14)11-6(4-5-10)7(12)13/h6H,4-5H2,1-3H3,(H,11,14)(H,12,13)/t6-/m1/s1. The topological polar surface area (TPSA) is 75.6 Å². The molecule has 88 valence electrons. The van der Waals surface area contributed by atoms with Gasteiger partial charge in [-0.15, -0.1) is 0 Å². The lowest BCUT2D eigenvalue weighted by atomic mass is 10.2. The number of carboxylic acids is 1. The van der Waals surface area contributed by atoms with E-state index < -0.39 is 23.7 Å². The van der Waals surface area contributed by atoms with Gasteiger partial charge < -0.3 is 15.2 Å². The molecular weight excluding hydrogens is 266 g/mol. The van der Waals surface area contributed by atoms with E-state index in [1.54, 1.807) is 20.8 Å². The maximum absolute atomic E-state index is 11.2. The van der Waals surface area contributed by atoms with Crippen molar-refractivity contribution in [3.63, 3.8) is 0 Å². The molecule has 0 fully saturated rings. The number of rotatable bonds is 4. The summed E-state index contributed by atoms with van der Waals surface area (Å²) in [6, 6.07) is -0.917. The number of carbonyl (C=O) groups excluding carboxylic acids is 1. The van der Waals surface area contributed by atoms with Crippen LogP contribution in [-0.4, -0.2) is 34.1 Å². The number of carboxylic acid groups (broad SMARTS) is 1. The Kier molecular flexibility index (Phi) is 5.64. The molecule has 0 aromatic heterocycles. The van der Waals surface area contributed by atoms with E-state index >= 15 is 0 Å². The highest BCUT2D eigenvalue weighted by Gasteiger charge is 2.23. The van der Waals surface area contributed by atoms with Crippen LogP contribution in [0.1, 0.15) is 27.2 Å². The van der Waals surface area contributed by atoms with Gasteiger partial charge in [-0.2, -0.15) is 0 Å². The summed E-state index contributed by atoms with van der Waals surface area (Å²) >= 11 is 3.11. The molecule has 0 radical (unpaired) electrons. The number of halogens is 1. The molecule has 0 aromatic carbocycles. The number of hydrogen-bond donors (Lipinski definition) is 2. The molecule has 2 N–H and O–H groups in total. The van der Waals surface area contributed by atoms with Gasteiger partial charge in [-0.1, -0.05) is 15.9 Å². The van der Waals surface area contributed by atoms with Gasteiger partial charge in [0.25, 0.3) is 0 Å². The van der Waals surface area contributed by atoms with Crippen LogP contribution in [0.2, 0.25) is 0 Å². The minimum atomic E-state index is -1.07. The molecule has 0 aliphatic rings. The highest BCUT2D eigenvalue weighted by molar-refractivity contribution is 9.09. The minimum Gasteiger partial charge on any atom is -0.480 e. The first-order valence-electron chi connectivity index (χ1n) is 4.54. The summed E-state index contributed by atoms with van der Waals surface area (Å²) in [5.74, 6) is -1.07. The van der Waals surface area contributed by atoms with Gasteiger partial charge in [0.15, 0.2) is 0 Å². The van der Waals surface area contributed by atoms with Crippen LogP contribution >= 0.6 is 15.9 Å². The molecule has 0 aromatic rings. The summed E-state index contributed by atoms with van der Waals surface area (Å²) in [7, 11) is 0. The predicted molar refractivity (Wildman–Crippen MR) is 59.2 cm³/mol. The fourth-order valence-electron chi connectivity index (χ4n) is 0.816. The monoisotopic (exact) mass is 281 g/mol. The third-order valence-corrected chi connectivity index (χ3v) is 1.84. The summed E-state index contributed by atoms with van der Waals surface area (Å²) in [5.41, 5.74) is -0.623. The second-order valence-electron chi connectivity index (χ2n) is 4.01. The van der Waals surface area contributed by atoms with Crippen LogP contribution in [0, 0.1) is 0 Å². The molecule has 5 nitrogen and oxygen atoms in total. The highest BCUT2D eigenvalue weighted by atomic mass is 79.9. The Bertz CT molecular complexity index is 237. The van der Waals surface area contributed by atoms with E-state index in [4.69, 9.17) is 9.84 Å². The summed E-state index contributed by atoms with van der Waals surface area (Å²) in [6.07, 6.45) is -0.398. The largest absolute Gasteiger partial charge is 0.480 e. The number of carbonyl (C=O) groups is 2. The molecule has 0 spiro atoms. The molecule has 6 heteroatoms. The molecule has 1 amide bonds. The van der Waals surface area contributed by atoms with E-state index in [0.29, 0.717) is 11.8 Å². The first-order valence-corrected chi connectivity index (χ1v) is 5.66. The summed E-state index contributed by atoms with van der Waals surface area (Å²) in [5, 5.41) is 11.5. The number of alkyl carbamates (subject to hydrolysis) is 1. The number of nitrogens with one attached hydrogen (secondary N) is 1. The van der Waals surface area contributed by atoms with Crippen molar-refractivity contribution < 1.29 is 19.4 Å². The van der Waals surface area contributed by atoms with Crippen LogP contribution in [0.3, 0.4) is 0 Å². The summed E-state index contributed by atoms with van der Waals surface area (Å²) in [6.45, 7) is 5.15. The van der Waals surface area contributed by atoms with Crippen molar-refractivity contribution in [3.8, 4) is 0 Å². The van der Waals surface area contributed by atoms with Gasteiger partial charge in [0.2, 0.25) is 0 Å². The molecule has 0 heterocycles. The number of ether oxygens (including phenoxy) is 1. The van der Waals surface area contributed by atoms with Gasteiger partial charge in [0.1, 0.15) is 11.6 Å². The Hall–Kier alpha value is -0.780. The Labute approximate surface area is 97.3 Å². The van der Waals surface area contributed by atoms with Gasteiger partial charge in [-0.05, 0) is 27.2 Å². The third kappa shape index (κ3) is 7.18. The zero-order valence-electron chi connectivity index (χ0n) is 9.04. The van der Waals surface area contributed by atoms with E-state index in [-0.39, 0.29) is 0 Å². The number of hydrogen-bond acceptors (Lipinski definition) is 3.